The third-order valence-electron chi connectivity index (χ3n) is 2.82. The normalized spacial score (nSPS) is 16.7. The molecule has 0 amide bonds. The molecule has 0 aromatic carbocycles. The van der Waals surface area contributed by atoms with E-state index in [1.807, 2.05) is 6.92 Å². The molecule has 1 atom stereocenters. The van der Waals surface area contributed by atoms with Gasteiger partial charge in [-0.05, 0) is 19.8 Å². The minimum absolute atomic E-state index is 0.241. The fourth-order valence-electron chi connectivity index (χ4n) is 1.55. The summed E-state index contributed by atoms with van der Waals surface area (Å²) in [6.07, 6.45) is 1.51. The number of nitrogen functional groups attached to an aromatic ring is 1. The van der Waals surface area contributed by atoms with E-state index >= 15 is 0 Å². The largest absolute Gasteiger partial charge is 0.394 e. The van der Waals surface area contributed by atoms with Crippen molar-refractivity contribution in [1.29, 1.82) is 0 Å². The second-order valence-corrected chi connectivity index (χ2v) is 5.44. The first kappa shape index (κ1) is 13.5. The molecule has 5 N–H and O–H groups in total. The molecule has 1 fully saturated rings. The van der Waals surface area contributed by atoms with E-state index in [1.165, 1.54) is 11.8 Å². The molecule has 1 heterocycles. The van der Waals surface area contributed by atoms with Gasteiger partial charge in [0.15, 0.2) is 0 Å². The number of thioether (sulfide) groups is 1. The lowest BCUT2D eigenvalue weighted by Gasteiger charge is -2.12. The highest BCUT2D eigenvalue weighted by Gasteiger charge is 2.28. The van der Waals surface area contributed by atoms with E-state index in [2.05, 4.69) is 15.4 Å². The van der Waals surface area contributed by atoms with E-state index in [1.54, 1.807) is 0 Å². The zero-order valence-electron chi connectivity index (χ0n) is 10.3. The fraction of sp³-hybridized carbons (Fsp3) is 0.636. The van der Waals surface area contributed by atoms with Gasteiger partial charge >= 0.3 is 0 Å². The quantitative estimate of drug-likeness (QED) is 0.256. The van der Waals surface area contributed by atoms with E-state index in [4.69, 9.17) is 10.9 Å². The van der Waals surface area contributed by atoms with E-state index in [-0.39, 0.29) is 6.61 Å². The van der Waals surface area contributed by atoms with E-state index < -0.39 is 6.10 Å². The molecule has 0 saturated heterocycles. The van der Waals surface area contributed by atoms with Crippen molar-refractivity contribution >= 4 is 17.6 Å². The van der Waals surface area contributed by atoms with Gasteiger partial charge in [0.1, 0.15) is 16.7 Å². The molecule has 7 heteroatoms. The first-order valence-electron chi connectivity index (χ1n) is 5.92. The SMILES string of the molecule is Cc1c(NN)nc(C2CC2)nc1SCC(O)CO. The lowest BCUT2D eigenvalue weighted by atomic mass is 10.3. The van der Waals surface area contributed by atoms with Crippen LogP contribution in [-0.4, -0.2) is 38.6 Å². The molecule has 1 unspecified atom stereocenters. The van der Waals surface area contributed by atoms with Gasteiger partial charge in [-0.2, -0.15) is 0 Å². The summed E-state index contributed by atoms with van der Waals surface area (Å²) in [5.74, 6) is 7.75. The topological polar surface area (TPSA) is 104 Å². The summed E-state index contributed by atoms with van der Waals surface area (Å²) in [6, 6.07) is 0. The number of nitrogens with one attached hydrogen (secondary N) is 1. The second-order valence-electron chi connectivity index (χ2n) is 4.43. The van der Waals surface area contributed by atoms with Crippen molar-refractivity contribution in [2.24, 2.45) is 5.84 Å². The summed E-state index contributed by atoms with van der Waals surface area (Å²) in [6.45, 7) is 1.65. The molecule has 0 bridgehead atoms. The number of aliphatic hydroxyl groups is 2. The number of hydrazine groups is 1. The molecule has 0 spiro atoms. The fourth-order valence-corrected chi connectivity index (χ4v) is 2.47. The average Bonchev–Trinajstić information content (AvgIpc) is 3.21. The van der Waals surface area contributed by atoms with Gasteiger partial charge in [0, 0.05) is 17.2 Å². The van der Waals surface area contributed by atoms with Crippen molar-refractivity contribution < 1.29 is 10.2 Å². The van der Waals surface area contributed by atoms with Crippen LogP contribution in [0.15, 0.2) is 5.03 Å². The summed E-state index contributed by atoms with van der Waals surface area (Å²) >= 11 is 1.41. The molecule has 100 valence electrons. The van der Waals surface area contributed by atoms with Crippen LogP contribution in [0.1, 0.15) is 30.1 Å². The Morgan fingerprint density at radius 2 is 2.22 bits per heavy atom. The Labute approximate surface area is 110 Å². The predicted molar refractivity (Wildman–Crippen MR) is 70.4 cm³/mol. The van der Waals surface area contributed by atoms with Crippen LogP contribution in [0.25, 0.3) is 0 Å². The third-order valence-corrected chi connectivity index (χ3v) is 4.04. The highest BCUT2D eigenvalue weighted by molar-refractivity contribution is 7.99. The van der Waals surface area contributed by atoms with Crippen LogP contribution in [0.2, 0.25) is 0 Å². The lowest BCUT2D eigenvalue weighted by molar-refractivity contribution is 0.113. The summed E-state index contributed by atoms with van der Waals surface area (Å²) in [4.78, 5) is 8.90. The molecule has 0 radical (unpaired) electrons. The van der Waals surface area contributed by atoms with Crippen LogP contribution in [0.3, 0.4) is 0 Å². The first-order valence-corrected chi connectivity index (χ1v) is 6.91. The number of rotatable bonds is 6. The second kappa shape index (κ2) is 5.83. The maximum atomic E-state index is 9.37. The summed E-state index contributed by atoms with van der Waals surface area (Å²) in [7, 11) is 0. The number of hydrogen-bond acceptors (Lipinski definition) is 7. The molecule has 1 aromatic heterocycles. The average molecular weight is 270 g/mol. The van der Waals surface area contributed by atoms with Crippen LogP contribution < -0.4 is 11.3 Å². The van der Waals surface area contributed by atoms with Crippen molar-refractivity contribution in [2.75, 3.05) is 17.8 Å². The maximum absolute atomic E-state index is 9.37. The van der Waals surface area contributed by atoms with Crippen LogP contribution >= 0.6 is 11.8 Å². The van der Waals surface area contributed by atoms with Crippen LogP contribution in [0, 0.1) is 6.92 Å². The third kappa shape index (κ3) is 3.11. The minimum atomic E-state index is -0.733. The minimum Gasteiger partial charge on any atom is -0.394 e. The molecule has 18 heavy (non-hydrogen) atoms. The van der Waals surface area contributed by atoms with Crippen molar-refractivity contribution in [3.8, 4) is 0 Å². The van der Waals surface area contributed by atoms with E-state index in [0.29, 0.717) is 17.5 Å². The Hall–Kier alpha value is -0.890. The number of aromatic nitrogens is 2. The van der Waals surface area contributed by atoms with Crippen molar-refractivity contribution in [2.45, 2.75) is 36.8 Å². The van der Waals surface area contributed by atoms with Gasteiger partial charge in [0.05, 0.1) is 12.7 Å². The standard InChI is InChI=1S/C11H18N4O2S/c1-6-9(15-12)13-10(7-2-3-7)14-11(6)18-5-8(17)4-16/h7-8,16-17H,2-5,12H2,1H3,(H,13,14,15). The lowest BCUT2D eigenvalue weighted by Crippen LogP contribution is -2.16. The van der Waals surface area contributed by atoms with Gasteiger partial charge in [-0.3, -0.25) is 0 Å². The Balaban J connectivity index is 2.18. The van der Waals surface area contributed by atoms with Gasteiger partial charge in [-0.1, -0.05) is 0 Å². The molecular weight excluding hydrogens is 252 g/mol. The Kier molecular flexibility index (Phi) is 4.39. The highest BCUT2D eigenvalue weighted by Crippen LogP contribution is 2.39. The highest BCUT2D eigenvalue weighted by atomic mass is 32.2. The van der Waals surface area contributed by atoms with Crippen molar-refractivity contribution in [3.05, 3.63) is 11.4 Å². The molecule has 2 rings (SSSR count). The Morgan fingerprint density at radius 3 is 2.78 bits per heavy atom. The number of aliphatic hydroxyl groups excluding tert-OH is 2. The zero-order valence-corrected chi connectivity index (χ0v) is 11.1. The van der Waals surface area contributed by atoms with Gasteiger partial charge < -0.3 is 15.6 Å². The smallest absolute Gasteiger partial charge is 0.147 e. The molecule has 0 aliphatic heterocycles. The molecular formula is C11H18N4O2S. The molecule has 1 saturated carbocycles. The summed E-state index contributed by atoms with van der Waals surface area (Å²) in [5, 5.41) is 19.0. The molecule has 1 aliphatic rings. The van der Waals surface area contributed by atoms with Gasteiger partial charge in [0.25, 0.3) is 0 Å². The zero-order chi connectivity index (χ0) is 13.1. The number of nitrogens with two attached hydrogens (primary N) is 1. The van der Waals surface area contributed by atoms with E-state index in [9.17, 15) is 5.11 Å². The molecule has 1 aromatic rings. The first-order chi connectivity index (χ1) is 8.65. The van der Waals surface area contributed by atoms with Gasteiger partial charge in [0.2, 0.25) is 0 Å². The Bertz CT molecular complexity index is 426. The molecule has 6 nitrogen and oxygen atoms in total. The summed E-state index contributed by atoms with van der Waals surface area (Å²) < 4.78 is 0. The van der Waals surface area contributed by atoms with Gasteiger partial charge in [-0.15, -0.1) is 11.8 Å². The number of hydrogen-bond donors (Lipinski definition) is 4. The Morgan fingerprint density at radius 1 is 1.50 bits per heavy atom. The van der Waals surface area contributed by atoms with E-state index in [0.717, 1.165) is 29.3 Å². The van der Waals surface area contributed by atoms with Crippen molar-refractivity contribution in [1.82, 2.24) is 9.97 Å². The van der Waals surface area contributed by atoms with Crippen LogP contribution in [0.4, 0.5) is 5.82 Å². The van der Waals surface area contributed by atoms with Crippen molar-refractivity contribution in [3.63, 3.8) is 0 Å². The van der Waals surface area contributed by atoms with Crippen LogP contribution in [0.5, 0.6) is 0 Å². The van der Waals surface area contributed by atoms with Crippen LogP contribution in [-0.2, 0) is 0 Å². The maximum Gasteiger partial charge on any atom is 0.147 e. The number of anilines is 1. The monoisotopic (exact) mass is 270 g/mol. The summed E-state index contributed by atoms with van der Waals surface area (Å²) in [5.41, 5.74) is 3.46. The number of nitrogens with zero attached hydrogens (tertiary/aromatic N) is 2. The predicted octanol–water partition coefficient (Wildman–Crippen LogP) is 0.393. The van der Waals surface area contributed by atoms with Gasteiger partial charge in [-0.25, -0.2) is 15.8 Å². The molecule has 1 aliphatic carbocycles.